The van der Waals surface area contributed by atoms with Crippen molar-refractivity contribution in [3.63, 3.8) is 0 Å². The summed E-state index contributed by atoms with van der Waals surface area (Å²) in [5.74, 6) is -0.208. The maximum absolute atomic E-state index is 13.7. The fourth-order valence-electron chi connectivity index (χ4n) is 2.04. The van der Waals surface area contributed by atoms with Gasteiger partial charge in [0.1, 0.15) is 33.5 Å². The Hall–Kier alpha value is -2.36. The van der Waals surface area contributed by atoms with Crippen LogP contribution in [0.4, 0.5) is 4.39 Å². The number of hydrogen-bond acceptors (Lipinski definition) is 3. The Bertz CT molecular complexity index is 805. The molecule has 0 saturated carbocycles. The molecule has 0 aliphatic carbocycles. The summed E-state index contributed by atoms with van der Waals surface area (Å²) in [5.41, 5.74) is 0.208. The third-order valence-corrected chi connectivity index (χ3v) is 2.86. The minimum Gasteiger partial charge on any atom is -0.496 e. The lowest BCUT2D eigenvalue weighted by atomic mass is 10.1. The Balaban J connectivity index is 2.63. The number of methoxy groups -OCH3 is 1. The Morgan fingerprint density at radius 2 is 1.72 bits per heavy atom. The molecule has 0 unspecified atom stereocenters. The minimum absolute atomic E-state index is 0.0468. The van der Waals surface area contributed by atoms with Crippen molar-refractivity contribution in [3.8, 4) is 5.75 Å². The van der Waals surface area contributed by atoms with Crippen molar-refractivity contribution in [1.29, 1.82) is 0 Å². The first-order valence-electron chi connectivity index (χ1n) is 5.40. The predicted molar refractivity (Wildman–Crippen MR) is 66.5 cm³/mol. The van der Waals surface area contributed by atoms with Crippen LogP contribution in [0.5, 0.6) is 5.75 Å². The number of ether oxygens (including phenoxy) is 1. The van der Waals surface area contributed by atoms with Crippen LogP contribution in [0.2, 0.25) is 0 Å². The number of hydrogen-bond donors (Lipinski definition) is 0. The molecule has 90 valence electrons. The van der Waals surface area contributed by atoms with Crippen LogP contribution < -0.4 is 10.2 Å². The standard InChI is InChI=1S/C14H9FO3/c1-17-9-5-3-7-11-13(9)14(16)12-8(15)4-2-6-10(12)18-11/h2-7H,1H3. The SMILES string of the molecule is COc1cccc2oc3cccc(F)c3c(=O)c12. The quantitative estimate of drug-likeness (QED) is 0.617. The van der Waals surface area contributed by atoms with E-state index in [0.717, 1.165) is 0 Å². The van der Waals surface area contributed by atoms with Gasteiger partial charge in [-0.3, -0.25) is 4.79 Å². The molecule has 3 nitrogen and oxygen atoms in total. The van der Waals surface area contributed by atoms with Crippen LogP contribution in [-0.4, -0.2) is 7.11 Å². The van der Waals surface area contributed by atoms with Gasteiger partial charge in [-0.15, -0.1) is 0 Å². The largest absolute Gasteiger partial charge is 0.496 e. The molecular weight excluding hydrogens is 235 g/mol. The summed E-state index contributed by atoms with van der Waals surface area (Å²) in [6, 6.07) is 9.33. The zero-order valence-electron chi connectivity index (χ0n) is 9.57. The number of rotatable bonds is 1. The van der Waals surface area contributed by atoms with Crippen molar-refractivity contribution in [2.75, 3.05) is 7.11 Å². The molecule has 1 aromatic heterocycles. The normalized spacial score (nSPS) is 11.0. The van der Waals surface area contributed by atoms with Crippen molar-refractivity contribution in [2.24, 2.45) is 0 Å². The molecule has 1 heterocycles. The first-order valence-corrected chi connectivity index (χ1v) is 5.40. The van der Waals surface area contributed by atoms with Gasteiger partial charge in [0.25, 0.3) is 0 Å². The molecule has 4 heteroatoms. The van der Waals surface area contributed by atoms with Gasteiger partial charge in [0.05, 0.1) is 7.11 Å². The van der Waals surface area contributed by atoms with E-state index in [9.17, 15) is 9.18 Å². The van der Waals surface area contributed by atoms with Gasteiger partial charge in [-0.2, -0.15) is 0 Å². The van der Waals surface area contributed by atoms with E-state index in [1.54, 1.807) is 24.3 Å². The fraction of sp³-hybridized carbons (Fsp3) is 0.0714. The van der Waals surface area contributed by atoms with E-state index < -0.39 is 11.2 Å². The molecule has 0 radical (unpaired) electrons. The molecule has 0 atom stereocenters. The molecule has 0 N–H and O–H groups in total. The summed E-state index contributed by atoms with van der Waals surface area (Å²) in [5, 5.41) is 0.215. The maximum Gasteiger partial charge on any atom is 0.207 e. The molecule has 0 spiro atoms. The van der Waals surface area contributed by atoms with Gasteiger partial charge in [0.2, 0.25) is 5.43 Å². The van der Waals surface area contributed by atoms with Crippen LogP contribution in [0.1, 0.15) is 0 Å². The Morgan fingerprint density at radius 3 is 2.44 bits per heavy atom. The summed E-state index contributed by atoms with van der Waals surface area (Å²) >= 11 is 0. The molecule has 18 heavy (non-hydrogen) atoms. The maximum atomic E-state index is 13.7. The van der Waals surface area contributed by atoms with Crippen molar-refractivity contribution in [3.05, 3.63) is 52.4 Å². The van der Waals surface area contributed by atoms with E-state index in [1.165, 1.54) is 19.2 Å². The van der Waals surface area contributed by atoms with Crippen molar-refractivity contribution in [2.45, 2.75) is 0 Å². The highest BCUT2D eigenvalue weighted by Crippen LogP contribution is 2.26. The van der Waals surface area contributed by atoms with Crippen molar-refractivity contribution in [1.82, 2.24) is 0 Å². The van der Waals surface area contributed by atoms with Gasteiger partial charge < -0.3 is 9.15 Å². The van der Waals surface area contributed by atoms with Crippen LogP contribution in [0.25, 0.3) is 21.9 Å². The van der Waals surface area contributed by atoms with E-state index in [4.69, 9.17) is 9.15 Å². The molecule has 0 amide bonds. The monoisotopic (exact) mass is 244 g/mol. The highest BCUT2D eigenvalue weighted by Gasteiger charge is 2.14. The summed E-state index contributed by atoms with van der Waals surface area (Å²) < 4.78 is 24.4. The zero-order chi connectivity index (χ0) is 12.7. The van der Waals surface area contributed by atoms with Crippen LogP contribution in [-0.2, 0) is 0 Å². The first-order chi connectivity index (χ1) is 8.72. The molecule has 0 saturated heterocycles. The van der Waals surface area contributed by atoms with Crippen LogP contribution in [0.3, 0.4) is 0 Å². The van der Waals surface area contributed by atoms with Crippen LogP contribution >= 0.6 is 0 Å². The summed E-state index contributed by atoms with van der Waals surface area (Å²) in [4.78, 5) is 12.3. The van der Waals surface area contributed by atoms with E-state index in [1.807, 2.05) is 0 Å². The Morgan fingerprint density at radius 1 is 1.06 bits per heavy atom. The van der Waals surface area contributed by atoms with Crippen LogP contribution in [0.15, 0.2) is 45.6 Å². The average molecular weight is 244 g/mol. The molecule has 0 fully saturated rings. The molecule has 2 aromatic carbocycles. The van der Waals surface area contributed by atoms with E-state index in [-0.39, 0.29) is 16.4 Å². The summed E-state index contributed by atoms with van der Waals surface area (Å²) in [6.07, 6.45) is 0. The molecule has 0 bridgehead atoms. The molecule has 3 rings (SSSR count). The van der Waals surface area contributed by atoms with Crippen LogP contribution in [0, 0.1) is 5.82 Å². The van der Waals surface area contributed by atoms with Crippen molar-refractivity contribution < 1.29 is 13.5 Å². The number of halogens is 1. The molecule has 0 aliphatic rings. The lowest BCUT2D eigenvalue weighted by Gasteiger charge is -2.05. The number of benzene rings is 2. The second-order valence-corrected chi connectivity index (χ2v) is 3.88. The van der Waals surface area contributed by atoms with E-state index in [2.05, 4.69) is 0 Å². The van der Waals surface area contributed by atoms with Gasteiger partial charge in [0.15, 0.2) is 0 Å². The summed E-state index contributed by atoms with van der Waals surface area (Å²) in [7, 11) is 1.46. The molecule has 0 aliphatic heterocycles. The third-order valence-electron chi connectivity index (χ3n) is 2.86. The lowest BCUT2D eigenvalue weighted by Crippen LogP contribution is -2.05. The van der Waals surface area contributed by atoms with E-state index in [0.29, 0.717) is 11.3 Å². The fourth-order valence-corrected chi connectivity index (χ4v) is 2.04. The zero-order valence-corrected chi connectivity index (χ0v) is 9.57. The summed E-state index contributed by atoms with van der Waals surface area (Å²) in [6.45, 7) is 0. The highest BCUT2D eigenvalue weighted by molar-refractivity contribution is 5.93. The Kier molecular flexibility index (Phi) is 2.30. The topological polar surface area (TPSA) is 39.4 Å². The smallest absolute Gasteiger partial charge is 0.207 e. The van der Waals surface area contributed by atoms with E-state index >= 15 is 0 Å². The first kappa shape index (κ1) is 10.8. The van der Waals surface area contributed by atoms with Gasteiger partial charge in [-0.25, -0.2) is 4.39 Å². The average Bonchev–Trinajstić information content (AvgIpc) is 2.38. The second-order valence-electron chi connectivity index (χ2n) is 3.88. The van der Waals surface area contributed by atoms with Gasteiger partial charge in [-0.05, 0) is 24.3 Å². The minimum atomic E-state index is -0.589. The van der Waals surface area contributed by atoms with Gasteiger partial charge in [-0.1, -0.05) is 12.1 Å². The molecular formula is C14H9FO3. The predicted octanol–water partition coefficient (Wildman–Crippen LogP) is 3.09. The van der Waals surface area contributed by atoms with Gasteiger partial charge in [0, 0.05) is 0 Å². The third kappa shape index (κ3) is 1.39. The lowest BCUT2D eigenvalue weighted by molar-refractivity contribution is 0.419. The van der Waals surface area contributed by atoms with Gasteiger partial charge >= 0.3 is 0 Å². The number of fused-ring (bicyclic) bond motifs is 2. The molecule has 3 aromatic rings. The Labute approximate surface area is 101 Å². The second kappa shape index (κ2) is 3.84. The van der Waals surface area contributed by atoms with Crippen molar-refractivity contribution >= 4 is 21.9 Å². The highest BCUT2D eigenvalue weighted by atomic mass is 19.1.